The van der Waals surface area contributed by atoms with Crippen LogP contribution in [-0.2, 0) is 4.79 Å². The van der Waals surface area contributed by atoms with E-state index in [1.807, 2.05) is 6.08 Å². The van der Waals surface area contributed by atoms with Crippen molar-refractivity contribution in [2.45, 2.75) is 57.8 Å². The molecule has 4 nitrogen and oxygen atoms in total. The summed E-state index contributed by atoms with van der Waals surface area (Å²) < 4.78 is 0. The number of allylic oxidation sites excluding steroid dienone is 1. The summed E-state index contributed by atoms with van der Waals surface area (Å²) in [6, 6.07) is -0.134. The molecule has 0 aliphatic carbocycles. The van der Waals surface area contributed by atoms with E-state index in [1.165, 1.54) is 37.0 Å². The Morgan fingerprint density at radius 2 is 1.65 bits per heavy atom. The average molecular weight is 280 g/mol. The molecule has 0 unspecified atom stereocenters. The highest BCUT2D eigenvalue weighted by Gasteiger charge is 2.28. The predicted octanol–water partition coefficient (Wildman–Crippen LogP) is 3.58. The van der Waals surface area contributed by atoms with Crippen molar-refractivity contribution in [3.05, 3.63) is 12.7 Å². The molecule has 20 heavy (non-hydrogen) atoms. The van der Waals surface area contributed by atoms with Crippen molar-refractivity contribution in [2.75, 3.05) is 20.1 Å². The summed E-state index contributed by atoms with van der Waals surface area (Å²) in [6.45, 7) is 4.85. The zero-order chi connectivity index (χ0) is 14.8. The third-order valence-corrected chi connectivity index (χ3v) is 3.81. The fourth-order valence-electron chi connectivity index (χ4n) is 2.47. The standard InChI is InChI=1S/C16H28N2O2/c1-3-4-5-6-7-8-9-10-11-13-18-15(19)12-14-17(2)16(18)20/h3H,1,4-14H2,2H3. The Bertz CT molecular complexity index is 328. The van der Waals surface area contributed by atoms with E-state index < -0.39 is 0 Å². The van der Waals surface area contributed by atoms with Crippen molar-refractivity contribution < 1.29 is 9.59 Å². The van der Waals surface area contributed by atoms with E-state index in [0.29, 0.717) is 19.5 Å². The Kier molecular flexibility index (Phi) is 8.00. The van der Waals surface area contributed by atoms with Crippen molar-refractivity contribution in [1.82, 2.24) is 9.80 Å². The summed E-state index contributed by atoms with van der Waals surface area (Å²) in [5.74, 6) is -0.0162. The summed E-state index contributed by atoms with van der Waals surface area (Å²) in [4.78, 5) is 26.5. The second-order valence-electron chi connectivity index (χ2n) is 5.55. The molecule has 1 aliphatic heterocycles. The highest BCUT2D eigenvalue weighted by Crippen LogP contribution is 2.12. The first kappa shape index (κ1) is 16.7. The lowest BCUT2D eigenvalue weighted by Crippen LogP contribution is -2.50. The van der Waals surface area contributed by atoms with Gasteiger partial charge in [-0.05, 0) is 19.3 Å². The van der Waals surface area contributed by atoms with Crippen LogP contribution in [0.15, 0.2) is 12.7 Å². The SMILES string of the molecule is C=CCCCCCCCCCN1C(=O)CCN(C)C1=O. The van der Waals surface area contributed by atoms with Crippen molar-refractivity contribution in [3.63, 3.8) is 0 Å². The minimum Gasteiger partial charge on any atom is -0.327 e. The van der Waals surface area contributed by atoms with Gasteiger partial charge in [0.25, 0.3) is 0 Å². The van der Waals surface area contributed by atoms with Gasteiger partial charge < -0.3 is 4.90 Å². The van der Waals surface area contributed by atoms with Gasteiger partial charge in [0.15, 0.2) is 0 Å². The van der Waals surface area contributed by atoms with Crippen LogP contribution in [-0.4, -0.2) is 41.9 Å². The van der Waals surface area contributed by atoms with Crippen LogP contribution in [0.3, 0.4) is 0 Å². The zero-order valence-electron chi connectivity index (χ0n) is 12.8. The number of urea groups is 1. The second kappa shape index (κ2) is 9.56. The van der Waals surface area contributed by atoms with Gasteiger partial charge in [-0.1, -0.05) is 38.2 Å². The Hall–Kier alpha value is -1.32. The Labute approximate surface area is 122 Å². The molecule has 1 aliphatic rings. The molecule has 114 valence electrons. The normalized spacial score (nSPS) is 15.8. The highest BCUT2D eigenvalue weighted by molar-refractivity contribution is 5.96. The number of carbonyl (C=O) groups is 2. The molecule has 0 N–H and O–H groups in total. The largest absolute Gasteiger partial charge is 0.327 e. The Morgan fingerprint density at radius 1 is 1.05 bits per heavy atom. The molecule has 0 radical (unpaired) electrons. The van der Waals surface area contributed by atoms with Crippen LogP contribution < -0.4 is 0 Å². The van der Waals surface area contributed by atoms with E-state index in [0.717, 1.165) is 19.3 Å². The average Bonchev–Trinajstić information content (AvgIpc) is 2.44. The first-order chi connectivity index (χ1) is 9.66. The minimum absolute atomic E-state index is 0.0162. The van der Waals surface area contributed by atoms with Crippen LogP contribution in [0.4, 0.5) is 4.79 Å². The van der Waals surface area contributed by atoms with Gasteiger partial charge in [-0.15, -0.1) is 6.58 Å². The molecule has 0 spiro atoms. The Balaban J connectivity index is 2.04. The summed E-state index contributed by atoms with van der Waals surface area (Å²) in [6.07, 6.45) is 11.8. The van der Waals surface area contributed by atoms with Crippen LogP contribution in [0.1, 0.15) is 57.8 Å². The third kappa shape index (κ3) is 5.76. The minimum atomic E-state index is -0.134. The molecule has 0 bridgehead atoms. The molecule has 0 atom stereocenters. The molecule has 1 heterocycles. The number of unbranched alkanes of at least 4 members (excludes halogenated alkanes) is 7. The number of amides is 3. The highest BCUT2D eigenvalue weighted by atomic mass is 16.2. The van der Waals surface area contributed by atoms with Gasteiger partial charge in [0.1, 0.15) is 0 Å². The third-order valence-electron chi connectivity index (χ3n) is 3.81. The van der Waals surface area contributed by atoms with Crippen molar-refractivity contribution in [1.29, 1.82) is 0 Å². The van der Waals surface area contributed by atoms with Gasteiger partial charge in [-0.25, -0.2) is 4.79 Å². The monoisotopic (exact) mass is 280 g/mol. The second-order valence-corrected chi connectivity index (χ2v) is 5.55. The molecule has 4 heteroatoms. The van der Waals surface area contributed by atoms with E-state index in [4.69, 9.17) is 0 Å². The molecular formula is C16H28N2O2. The molecule has 0 saturated carbocycles. The summed E-state index contributed by atoms with van der Waals surface area (Å²) >= 11 is 0. The van der Waals surface area contributed by atoms with Gasteiger partial charge in [0, 0.05) is 26.6 Å². The van der Waals surface area contributed by atoms with Crippen molar-refractivity contribution in [2.24, 2.45) is 0 Å². The van der Waals surface area contributed by atoms with E-state index >= 15 is 0 Å². The number of carbonyl (C=O) groups excluding carboxylic acids is 2. The molecule has 0 aromatic heterocycles. The first-order valence-electron chi connectivity index (χ1n) is 7.83. The lowest BCUT2D eigenvalue weighted by molar-refractivity contribution is -0.130. The number of imide groups is 1. The lowest BCUT2D eigenvalue weighted by atomic mass is 10.1. The first-order valence-corrected chi connectivity index (χ1v) is 7.83. The van der Waals surface area contributed by atoms with Crippen LogP contribution in [0.5, 0.6) is 0 Å². The topological polar surface area (TPSA) is 40.6 Å². The predicted molar refractivity (Wildman–Crippen MR) is 81.5 cm³/mol. The van der Waals surface area contributed by atoms with E-state index in [2.05, 4.69) is 6.58 Å². The number of rotatable bonds is 10. The summed E-state index contributed by atoms with van der Waals surface area (Å²) in [7, 11) is 1.75. The maximum absolute atomic E-state index is 11.8. The number of nitrogens with zero attached hydrogens (tertiary/aromatic N) is 2. The summed E-state index contributed by atoms with van der Waals surface area (Å²) in [5, 5.41) is 0. The molecular weight excluding hydrogens is 252 g/mol. The van der Waals surface area contributed by atoms with E-state index in [1.54, 1.807) is 11.9 Å². The van der Waals surface area contributed by atoms with Crippen molar-refractivity contribution >= 4 is 11.9 Å². The van der Waals surface area contributed by atoms with Crippen molar-refractivity contribution in [3.8, 4) is 0 Å². The fourth-order valence-corrected chi connectivity index (χ4v) is 2.47. The Morgan fingerprint density at radius 3 is 2.30 bits per heavy atom. The molecule has 1 rings (SSSR count). The van der Waals surface area contributed by atoms with Crippen LogP contribution in [0.25, 0.3) is 0 Å². The maximum Gasteiger partial charge on any atom is 0.326 e. The van der Waals surface area contributed by atoms with Gasteiger partial charge in [0.2, 0.25) is 5.91 Å². The van der Waals surface area contributed by atoms with Crippen LogP contribution in [0, 0.1) is 0 Å². The van der Waals surface area contributed by atoms with Crippen LogP contribution in [0.2, 0.25) is 0 Å². The maximum atomic E-state index is 11.8. The van der Waals surface area contributed by atoms with Gasteiger partial charge >= 0.3 is 6.03 Å². The smallest absolute Gasteiger partial charge is 0.326 e. The number of hydrogen-bond acceptors (Lipinski definition) is 2. The van der Waals surface area contributed by atoms with Gasteiger partial charge in [0.05, 0.1) is 0 Å². The molecule has 0 aromatic carbocycles. The molecule has 3 amide bonds. The lowest BCUT2D eigenvalue weighted by Gasteiger charge is -2.31. The molecule has 0 aromatic rings. The van der Waals surface area contributed by atoms with E-state index in [9.17, 15) is 9.59 Å². The summed E-state index contributed by atoms with van der Waals surface area (Å²) in [5.41, 5.74) is 0. The van der Waals surface area contributed by atoms with E-state index in [-0.39, 0.29) is 11.9 Å². The zero-order valence-corrected chi connectivity index (χ0v) is 12.8. The van der Waals surface area contributed by atoms with Gasteiger partial charge in [-0.2, -0.15) is 0 Å². The van der Waals surface area contributed by atoms with Gasteiger partial charge in [-0.3, -0.25) is 9.69 Å². The quantitative estimate of drug-likeness (QED) is 0.453. The molecule has 1 saturated heterocycles. The van der Waals surface area contributed by atoms with Crippen LogP contribution >= 0.6 is 0 Å². The molecule has 1 fully saturated rings. The fraction of sp³-hybridized carbons (Fsp3) is 0.750. The number of hydrogen-bond donors (Lipinski definition) is 0.